The number of allylic oxidation sites excluding steroid dienone is 4. The molecule has 1 unspecified atom stereocenters. The lowest BCUT2D eigenvalue weighted by Crippen LogP contribution is -2.35. The highest BCUT2D eigenvalue weighted by molar-refractivity contribution is 5.45. The predicted octanol–water partition coefficient (Wildman–Crippen LogP) is 2.07. The van der Waals surface area contributed by atoms with E-state index < -0.39 is 0 Å². The van der Waals surface area contributed by atoms with Crippen molar-refractivity contribution >= 4 is 0 Å². The van der Waals surface area contributed by atoms with Crippen molar-refractivity contribution in [2.75, 3.05) is 0 Å². The third kappa shape index (κ3) is 0.886. The van der Waals surface area contributed by atoms with Gasteiger partial charge in [-0.05, 0) is 17.7 Å². The fourth-order valence-corrected chi connectivity index (χ4v) is 1.82. The molecule has 0 radical (unpaired) electrons. The second-order valence-corrected chi connectivity index (χ2v) is 3.19. The summed E-state index contributed by atoms with van der Waals surface area (Å²) in [7, 11) is 0. The first-order chi connectivity index (χ1) is 6.45. The lowest BCUT2D eigenvalue weighted by atomic mass is 9.96. The van der Waals surface area contributed by atoms with Gasteiger partial charge in [-0.3, -0.25) is 0 Å². The van der Waals surface area contributed by atoms with E-state index >= 15 is 0 Å². The van der Waals surface area contributed by atoms with Gasteiger partial charge < -0.3 is 9.64 Å². The van der Waals surface area contributed by atoms with E-state index in [1.165, 1.54) is 5.57 Å². The lowest BCUT2D eigenvalue weighted by Gasteiger charge is -2.35. The summed E-state index contributed by atoms with van der Waals surface area (Å²) < 4.78 is 5.43. The molecule has 0 amide bonds. The molecule has 0 bridgehead atoms. The van der Waals surface area contributed by atoms with E-state index in [-0.39, 0.29) is 6.04 Å². The van der Waals surface area contributed by atoms with Gasteiger partial charge in [-0.2, -0.15) is 0 Å². The third-order valence-corrected chi connectivity index (χ3v) is 2.42. The van der Waals surface area contributed by atoms with E-state index in [1.807, 2.05) is 18.4 Å². The molecule has 1 aliphatic carbocycles. The van der Waals surface area contributed by atoms with Crippen LogP contribution in [0, 0.1) is 0 Å². The largest absolute Gasteiger partial charge is 0.465 e. The molecule has 64 valence electrons. The maximum absolute atomic E-state index is 5.43. The topological polar surface area (TPSA) is 12.5 Å². The standard InChI is InChI=1S/C11H9NO/c1-3-9-4-2-6-12-7-8-13-10(5-1)11(9)12/h1-8,11H. The molecule has 0 spiro atoms. The zero-order valence-electron chi connectivity index (χ0n) is 7.05. The van der Waals surface area contributed by atoms with E-state index in [0.29, 0.717) is 0 Å². The Kier molecular flexibility index (Phi) is 1.25. The fourth-order valence-electron chi connectivity index (χ4n) is 1.82. The first-order valence-corrected chi connectivity index (χ1v) is 4.32. The van der Waals surface area contributed by atoms with Crippen LogP contribution >= 0.6 is 0 Å². The summed E-state index contributed by atoms with van der Waals surface area (Å²) in [6, 6.07) is 0.264. The Balaban J connectivity index is 2.15. The molecule has 0 aromatic heterocycles. The Labute approximate surface area is 76.8 Å². The van der Waals surface area contributed by atoms with Crippen molar-refractivity contribution in [2.45, 2.75) is 6.04 Å². The monoisotopic (exact) mass is 171 g/mol. The van der Waals surface area contributed by atoms with Crippen molar-refractivity contribution in [1.29, 1.82) is 0 Å². The predicted molar refractivity (Wildman–Crippen MR) is 50.3 cm³/mol. The summed E-state index contributed by atoms with van der Waals surface area (Å²) in [5.41, 5.74) is 1.28. The van der Waals surface area contributed by atoms with Crippen molar-refractivity contribution in [3.05, 3.63) is 60.4 Å². The third-order valence-electron chi connectivity index (χ3n) is 2.42. The molecule has 2 aliphatic heterocycles. The van der Waals surface area contributed by atoms with Gasteiger partial charge in [0.25, 0.3) is 0 Å². The van der Waals surface area contributed by atoms with Crippen LogP contribution in [0.3, 0.4) is 0 Å². The Bertz CT molecular complexity index is 385. The molecule has 0 saturated heterocycles. The number of hydrogen-bond acceptors (Lipinski definition) is 2. The molecule has 1 atom stereocenters. The van der Waals surface area contributed by atoms with Gasteiger partial charge in [-0.1, -0.05) is 18.2 Å². The molecule has 3 rings (SSSR count). The number of ether oxygens (including phenoxy) is 1. The van der Waals surface area contributed by atoms with Gasteiger partial charge in [0.1, 0.15) is 18.1 Å². The Hall–Kier alpha value is -1.70. The van der Waals surface area contributed by atoms with E-state index in [9.17, 15) is 0 Å². The Morgan fingerprint density at radius 2 is 2.15 bits per heavy atom. The maximum atomic E-state index is 5.43. The molecule has 3 aliphatic rings. The molecule has 2 heterocycles. The summed E-state index contributed by atoms with van der Waals surface area (Å²) in [6.07, 6.45) is 16.0. The average Bonchev–Trinajstić information content (AvgIpc) is 2.19. The van der Waals surface area contributed by atoms with E-state index in [0.717, 1.165) is 5.76 Å². The first kappa shape index (κ1) is 6.78. The highest BCUT2D eigenvalue weighted by atomic mass is 16.5. The average molecular weight is 171 g/mol. The normalized spacial score (nSPS) is 27.7. The zero-order chi connectivity index (χ0) is 8.67. The Morgan fingerprint density at radius 3 is 3.15 bits per heavy atom. The van der Waals surface area contributed by atoms with Crippen LogP contribution in [0.4, 0.5) is 0 Å². The van der Waals surface area contributed by atoms with E-state index in [4.69, 9.17) is 4.74 Å². The van der Waals surface area contributed by atoms with Crippen LogP contribution in [0.25, 0.3) is 0 Å². The number of rotatable bonds is 0. The molecule has 2 nitrogen and oxygen atoms in total. The van der Waals surface area contributed by atoms with Gasteiger partial charge in [0, 0.05) is 12.4 Å². The minimum atomic E-state index is 0.264. The van der Waals surface area contributed by atoms with Crippen LogP contribution < -0.4 is 0 Å². The summed E-state index contributed by atoms with van der Waals surface area (Å²) >= 11 is 0. The molecule has 2 heteroatoms. The van der Waals surface area contributed by atoms with Crippen LogP contribution in [0.5, 0.6) is 0 Å². The van der Waals surface area contributed by atoms with Crippen molar-refractivity contribution in [2.24, 2.45) is 0 Å². The SMILES string of the molecule is C1=CC2=CC=CN3C=COC(=C1)C23. The van der Waals surface area contributed by atoms with Gasteiger partial charge in [-0.25, -0.2) is 0 Å². The van der Waals surface area contributed by atoms with Crippen LogP contribution in [-0.2, 0) is 4.74 Å². The molecule has 0 aromatic carbocycles. The number of nitrogens with zero attached hydrogens (tertiary/aromatic N) is 1. The summed E-state index contributed by atoms with van der Waals surface area (Å²) in [5.74, 6) is 1.00. The zero-order valence-corrected chi connectivity index (χ0v) is 7.05. The van der Waals surface area contributed by atoms with Crippen molar-refractivity contribution in [1.82, 2.24) is 4.90 Å². The molecule has 0 aromatic rings. The molecular formula is C11H9NO. The maximum Gasteiger partial charge on any atom is 0.131 e. The molecular weight excluding hydrogens is 162 g/mol. The fraction of sp³-hybridized carbons (Fsp3) is 0.0909. The minimum absolute atomic E-state index is 0.264. The van der Waals surface area contributed by atoms with Crippen molar-refractivity contribution in [3.8, 4) is 0 Å². The molecule has 0 N–H and O–H groups in total. The lowest BCUT2D eigenvalue weighted by molar-refractivity contribution is 0.235. The molecule has 0 fully saturated rings. The molecule has 0 saturated carbocycles. The smallest absolute Gasteiger partial charge is 0.131 e. The van der Waals surface area contributed by atoms with Crippen LogP contribution in [0.2, 0.25) is 0 Å². The van der Waals surface area contributed by atoms with Gasteiger partial charge >= 0.3 is 0 Å². The highest BCUT2D eigenvalue weighted by Gasteiger charge is 2.28. The quantitative estimate of drug-likeness (QED) is 0.553. The summed E-state index contributed by atoms with van der Waals surface area (Å²) in [4.78, 5) is 2.15. The minimum Gasteiger partial charge on any atom is -0.465 e. The second-order valence-electron chi connectivity index (χ2n) is 3.19. The Morgan fingerprint density at radius 1 is 1.15 bits per heavy atom. The van der Waals surface area contributed by atoms with E-state index in [2.05, 4.69) is 29.3 Å². The van der Waals surface area contributed by atoms with E-state index in [1.54, 1.807) is 6.26 Å². The van der Waals surface area contributed by atoms with Crippen LogP contribution in [0.1, 0.15) is 0 Å². The highest BCUT2D eigenvalue weighted by Crippen LogP contribution is 2.30. The summed E-state index contributed by atoms with van der Waals surface area (Å²) in [6.45, 7) is 0. The van der Waals surface area contributed by atoms with Gasteiger partial charge in [0.05, 0.1) is 0 Å². The van der Waals surface area contributed by atoms with Crippen molar-refractivity contribution in [3.63, 3.8) is 0 Å². The van der Waals surface area contributed by atoms with Gasteiger partial charge in [0.15, 0.2) is 0 Å². The molecule has 13 heavy (non-hydrogen) atoms. The van der Waals surface area contributed by atoms with Crippen molar-refractivity contribution < 1.29 is 4.74 Å². The van der Waals surface area contributed by atoms with Crippen LogP contribution in [-0.4, -0.2) is 10.9 Å². The summed E-state index contributed by atoms with van der Waals surface area (Å²) in [5, 5.41) is 0. The van der Waals surface area contributed by atoms with Crippen LogP contribution in [0.15, 0.2) is 60.4 Å². The van der Waals surface area contributed by atoms with Gasteiger partial charge in [-0.15, -0.1) is 0 Å². The number of hydrogen-bond donors (Lipinski definition) is 0. The first-order valence-electron chi connectivity index (χ1n) is 4.32. The van der Waals surface area contributed by atoms with Gasteiger partial charge in [0.2, 0.25) is 0 Å². The second kappa shape index (κ2) is 2.39.